The molecule has 0 bridgehead atoms. The summed E-state index contributed by atoms with van der Waals surface area (Å²) in [5.74, 6) is 0.534. The lowest BCUT2D eigenvalue weighted by Crippen LogP contribution is -2.36. The van der Waals surface area contributed by atoms with E-state index >= 15 is 0 Å². The van der Waals surface area contributed by atoms with Crippen molar-refractivity contribution < 1.29 is 19.4 Å². The van der Waals surface area contributed by atoms with Crippen LogP contribution in [-0.4, -0.2) is 36.2 Å². The van der Waals surface area contributed by atoms with Gasteiger partial charge in [-0.1, -0.05) is 12.8 Å². The summed E-state index contributed by atoms with van der Waals surface area (Å²) in [7, 11) is 0. The van der Waals surface area contributed by atoms with Crippen molar-refractivity contribution in [3.8, 4) is 0 Å². The maximum absolute atomic E-state index is 12.1. The van der Waals surface area contributed by atoms with E-state index in [-0.39, 0.29) is 18.2 Å². The first-order valence-corrected chi connectivity index (χ1v) is 7.24. The largest absolute Gasteiger partial charge is 0.481 e. The number of hydrogen-bond acceptors (Lipinski definition) is 3. The van der Waals surface area contributed by atoms with Gasteiger partial charge in [-0.3, -0.25) is 9.59 Å². The normalized spacial score (nSPS) is 30.3. The molecule has 2 rings (SSSR count). The Morgan fingerprint density at radius 1 is 1.32 bits per heavy atom. The van der Waals surface area contributed by atoms with Gasteiger partial charge in [0.2, 0.25) is 5.91 Å². The standard InChI is InChI=1S/C14H23NO4/c1-2-19-9(7-12(16)17)8-15-14(18)13-10-5-3-4-6-11(10)13/h9-11,13H,2-8H2,1H3,(H,15,18)(H,16,17). The van der Waals surface area contributed by atoms with E-state index in [1.54, 1.807) is 0 Å². The molecule has 0 heterocycles. The van der Waals surface area contributed by atoms with Crippen LogP contribution in [0.1, 0.15) is 39.0 Å². The van der Waals surface area contributed by atoms with Crippen LogP contribution in [0, 0.1) is 17.8 Å². The Labute approximate surface area is 113 Å². The summed E-state index contributed by atoms with van der Waals surface area (Å²) >= 11 is 0. The molecule has 3 atom stereocenters. The number of rotatable bonds is 7. The van der Waals surface area contributed by atoms with Crippen molar-refractivity contribution in [1.82, 2.24) is 5.32 Å². The first-order chi connectivity index (χ1) is 9.13. The molecule has 0 aromatic carbocycles. The van der Waals surface area contributed by atoms with Crippen molar-refractivity contribution in [1.29, 1.82) is 0 Å². The molecular weight excluding hydrogens is 246 g/mol. The van der Waals surface area contributed by atoms with Gasteiger partial charge in [-0.15, -0.1) is 0 Å². The van der Waals surface area contributed by atoms with Gasteiger partial charge in [0.15, 0.2) is 0 Å². The number of carbonyl (C=O) groups excluding carboxylic acids is 1. The van der Waals surface area contributed by atoms with E-state index in [0.29, 0.717) is 25.0 Å². The van der Waals surface area contributed by atoms with Crippen molar-refractivity contribution in [3.63, 3.8) is 0 Å². The van der Waals surface area contributed by atoms with Crippen molar-refractivity contribution >= 4 is 11.9 Å². The van der Waals surface area contributed by atoms with Crippen LogP contribution in [-0.2, 0) is 14.3 Å². The van der Waals surface area contributed by atoms with E-state index in [9.17, 15) is 9.59 Å². The third kappa shape index (κ3) is 3.69. The summed E-state index contributed by atoms with van der Waals surface area (Å²) in [5.41, 5.74) is 0. The van der Waals surface area contributed by atoms with E-state index in [0.717, 1.165) is 0 Å². The zero-order valence-electron chi connectivity index (χ0n) is 11.4. The molecule has 2 saturated carbocycles. The first kappa shape index (κ1) is 14.3. The summed E-state index contributed by atoms with van der Waals surface area (Å²) in [6, 6.07) is 0. The number of nitrogens with one attached hydrogen (secondary N) is 1. The van der Waals surface area contributed by atoms with E-state index < -0.39 is 12.1 Å². The molecule has 2 N–H and O–H groups in total. The molecule has 2 aliphatic carbocycles. The number of fused-ring (bicyclic) bond motifs is 1. The minimum absolute atomic E-state index is 0.0638. The maximum atomic E-state index is 12.1. The van der Waals surface area contributed by atoms with E-state index in [2.05, 4.69) is 5.32 Å². The van der Waals surface area contributed by atoms with E-state index in [1.807, 2.05) is 6.92 Å². The van der Waals surface area contributed by atoms with Crippen LogP contribution in [0.5, 0.6) is 0 Å². The van der Waals surface area contributed by atoms with Gasteiger partial charge >= 0.3 is 5.97 Å². The second-order valence-corrected chi connectivity index (χ2v) is 5.56. The molecule has 0 spiro atoms. The lowest BCUT2D eigenvalue weighted by molar-refractivity contribution is -0.140. The number of carboxylic acid groups (broad SMARTS) is 1. The molecule has 0 aromatic heterocycles. The quantitative estimate of drug-likeness (QED) is 0.733. The van der Waals surface area contributed by atoms with Crippen molar-refractivity contribution in [2.24, 2.45) is 17.8 Å². The van der Waals surface area contributed by atoms with Crippen LogP contribution in [0.25, 0.3) is 0 Å². The highest BCUT2D eigenvalue weighted by atomic mass is 16.5. The van der Waals surface area contributed by atoms with Gasteiger partial charge in [-0.2, -0.15) is 0 Å². The van der Waals surface area contributed by atoms with Gasteiger partial charge in [0, 0.05) is 19.1 Å². The molecule has 2 fully saturated rings. The van der Waals surface area contributed by atoms with Gasteiger partial charge in [0.05, 0.1) is 12.5 Å². The molecule has 1 amide bonds. The smallest absolute Gasteiger partial charge is 0.306 e. The molecule has 0 aromatic rings. The Morgan fingerprint density at radius 2 is 1.95 bits per heavy atom. The Balaban J connectivity index is 1.74. The topological polar surface area (TPSA) is 75.6 Å². The summed E-state index contributed by atoms with van der Waals surface area (Å²) in [6.07, 6.45) is 4.34. The predicted octanol–water partition coefficient (Wildman–Crippen LogP) is 1.42. The molecule has 0 saturated heterocycles. The van der Waals surface area contributed by atoms with Gasteiger partial charge in [-0.05, 0) is 31.6 Å². The van der Waals surface area contributed by atoms with Gasteiger partial charge in [0.1, 0.15) is 0 Å². The highest BCUT2D eigenvalue weighted by Gasteiger charge is 2.54. The zero-order chi connectivity index (χ0) is 13.8. The first-order valence-electron chi connectivity index (χ1n) is 7.24. The summed E-state index contributed by atoms with van der Waals surface area (Å²) in [4.78, 5) is 22.7. The number of hydrogen-bond donors (Lipinski definition) is 2. The predicted molar refractivity (Wildman–Crippen MR) is 69.6 cm³/mol. The Morgan fingerprint density at radius 3 is 2.47 bits per heavy atom. The van der Waals surface area contributed by atoms with Crippen LogP contribution in [0.15, 0.2) is 0 Å². The fourth-order valence-electron chi connectivity index (χ4n) is 3.33. The molecule has 5 nitrogen and oxygen atoms in total. The SMILES string of the molecule is CCOC(CNC(=O)C1C2CCCCC21)CC(=O)O. The second-order valence-electron chi connectivity index (χ2n) is 5.56. The van der Waals surface area contributed by atoms with Gasteiger partial charge in [-0.25, -0.2) is 0 Å². The summed E-state index contributed by atoms with van der Waals surface area (Å²) < 4.78 is 5.33. The highest BCUT2D eigenvalue weighted by Crippen LogP contribution is 2.55. The number of amides is 1. The van der Waals surface area contributed by atoms with Crippen molar-refractivity contribution in [2.45, 2.75) is 45.1 Å². The number of carboxylic acids is 1. The summed E-state index contributed by atoms with van der Waals surface area (Å²) in [5, 5.41) is 11.6. The zero-order valence-corrected chi connectivity index (χ0v) is 11.4. The minimum Gasteiger partial charge on any atom is -0.481 e. The Bertz CT molecular complexity index is 332. The molecule has 3 unspecified atom stereocenters. The maximum Gasteiger partial charge on any atom is 0.306 e. The third-order valence-electron chi connectivity index (χ3n) is 4.27. The van der Waals surface area contributed by atoms with Crippen LogP contribution in [0.3, 0.4) is 0 Å². The minimum atomic E-state index is -0.896. The van der Waals surface area contributed by atoms with Crippen molar-refractivity contribution in [2.75, 3.05) is 13.2 Å². The molecule has 2 aliphatic rings. The lowest BCUT2D eigenvalue weighted by atomic mass is 10.0. The average Bonchev–Trinajstić information content (AvgIpc) is 3.09. The molecule has 0 radical (unpaired) electrons. The molecular formula is C14H23NO4. The fraction of sp³-hybridized carbons (Fsp3) is 0.857. The van der Waals surface area contributed by atoms with E-state index in [4.69, 9.17) is 9.84 Å². The monoisotopic (exact) mass is 269 g/mol. The average molecular weight is 269 g/mol. The van der Waals surface area contributed by atoms with Crippen molar-refractivity contribution in [3.05, 3.63) is 0 Å². The van der Waals surface area contributed by atoms with Crippen LogP contribution in [0.2, 0.25) is 0 Å². The number of ether oxygens (including phenoxy) is 1. The molecule has 0 aliphatic heterocycles. The highest BCUT2D eigenvalue weighted by molar-refractivity contribution is 5.82. The van der Waals surface area contributed by atoms with Gasteiger partial charge < -0.3 is 15.2 Å². The van der Waals surface area contributed by atoms with Crippen LogP contribution < -0.4 is 5.32 Å². The Kier molecular flexibility index (Phi) is 4.80. The molecule has 108 valence electrons. The van der Waals surface area contributed by atoms with Gasteiger partial charge in [0.25, 0.3) is 0 Å². The second kappa shape index (κ2) is 6.37. The van der Waals surface area contributed by atoms with Crippen LogP contribution in [0.4, 0.5) is 0 Å². The molecule has 5 heteroatoms. The third-order valence-corrected chi connectivity index (χ3v) is 4.27. The number of aliphatic carboxylic acids is 1. The number of carbonyl (C=O) groups is 2. The Hall–Kier alpha value is -1.10. The lowest BCUT2D eigenvalue weighted by Gasteiger charge is -2.15. The van der Waals surface area contributed by atoms with Crippen LogP contribution >= 0.6 is 0 Å². The molecule has 19 heavy (non-hydrogen) atoms. The fourth-order valence-corrected chi connectivity index (χ4v) is 3.33. The van der Waals surface area contributed by atoms with E-state index in [1.165, 1.54) is 25.7 Å². The summed E-state index contributed by atoms with van der Waals surface area (Å²) in [6.45, 7) is 2.59.